The van der Waals surface area contributed by atoms with Gasteiger partial charge in [-0.3, -0.25) is 0 Å². The van der Waals surface area contributed by atoms with E-state index in [0.717, 1.165) is 16.7 Å². The summed E-state index contributed by atoms with van der Waals surface area (Å²) in [6.45, 7) is 3.85. The number of carboxylic acids is 1. The predicted molar refractivity (Wildman–Crippen MR) is 84.7 cm³/mol. The Balaban J connectivity index is 2.25. The summed E-state index contributed by atoms with van der Waals surface area (Å²) in [5, 5.41) is 9.45. The number of ether oxygens (including phenoxy) is 2. The van der Waals surface area contributed by atoms with Crippen LogP contribution in [0.5, 0.6) is 11.5 Å². The molecule has 1 atom stereocenters. The number of rotatable bonds is 6. The molecule has 2 rings (SSSR count). The van der Waals surface area contributed by atoms with Crippen molar-refractivity contribution in [1.29, 1.82) is 0 Å². The van der Waals surface area contributed by atoms with E-state index in [1.807, 2.05) is 50.2 Å². The summed E-state index contributed by atoms with van der Waals surface area (Å²) in [6.07, 6.45) is -0.717. The molecule has 0 aromatic heterocycles. The Kier molecular flexibility index (Phi) is 5.04. The lowest BCUT2D eigenvalue weighted by molar-refractivity contribution is -0.145. The summed E-state index contributed by atoms with van der Waals surface area (Å²) in [7, 11) is 1.58. The lowest BCUT2D eigenvalue weighted by Gasteiger charge is -2.18. The first-order valence-electron chi connectivity index (χ1n) is 7.10. The maximum absolute atomic E-state index is 11.5. The molecule has 0 fully saturated rings. The van der Waals surface area contributed by atoms with Crippen LogP contribution in [0.3, 0.4) is 0 Å². The first kappa shape index (κ1) is 15.9. The molecule has 0 heterocycles. The van der Waals surface area contributed by atoms with Gasteiger partial charge in [0.25, 0.3) is 0 Å². The van der Waals surface area contributed by atoms with E-state index in [0.29, 0.717) is 11.5 Å². The average molecular weight is 300 g/mol. The molecule has 1 N–H and O–H groups in total. The molecule has 2 aromatic carbocycles. The summed E-state index contributed by atoms with van der Waals surface area (Å²) in [5.41, 5.74) is 2.78. The van der Waals surface area contributed by atoms with E-state index in [2.05, 4.69) is 0 Å². The van der Waals surface area contributed by atoms with Gasteiger partial charge in [0.2, 0.25) is 0 Å². The van der Waals surface area contributed by atoms with Crippen molar-refractivity contribution >= 4 is 5.97 Å². The van der Waals surface area contributed by atoms with Crippen molar-refractivity contribution in [2.75, 3.05) is 7.11 Å². The summed E-state index contributed by atoms with van der Waals surface area (Å²) >= 11 is 0. The van der Waals surface area contributed by atoms with Crippen LogP contribution in [0.1, 0.15) is 16.7 Å². The van der Waals surface area contributed by atoms with Crippen LogP contribution in [-0.2, 0) is 11.2 Å². The number of carboxylic acid groups (broad SMARTS) is 1. The summed E-state index contributed by atoms with van der Waals surface area (Å²) in [4.78, 5) is 11.5. The molecule has 0 aliphatic heterocycles. The molecule has 0 spiro atoms. The Morgan fingerprint density at radius 2 is 1.86 bits per heavy atom. The molecule has 0 saturated heterocycles. The van der Waals surface area contributed by atoms with E-state index in [4.69, 9.17) is 9.47 Å². The second kappa shape index (κ2) is 6.98. The van der Waals surface area contributed by atoms with Crippen molar-refractivity contribution in [2.45, 2.75) is 26.4 Å². The first-order chi connectivity index (χ1) is 10.5. The van der Waals surface area contributed by atoms with Crippen LogP contribution in [0.15, 0.2) is 42.5 Å². The Bertz CT molecular complexity index is 664. The minimum atomic E-state index is -0.994. The largest absolute Gasteiger partial charge is 0.496 e. The predicted octanol–water partition coefficient (Wildman–Crippen LogP) is 3.39. The number of carbonyl (C=O) groups is 1. The second-order valence-electron chi connectivity index (χ2n) is 5.23. The zero-order chi connectivity index (χ0) is 16.1. The maximum atomic E-state index is 11.5. The molecule has 0 radical (unpaired) electrons. The van der Waals surface area contributed by atoms with Gasteiger partial charge in [0, 0.05) is 6.42 Å². The van der Waals surface area contributed by atoms with Crippen molar-refractivity contribution in [3.63, 3.8) is 0 Å². The highest BCUT2D eigenvalue weighted by molar-refractivity contribution is 5.73. The van der Waals surface area contributed by atoms with Gasteiger partial charge < -0.3 is 14.6 Å². The highest BCUT2D eigenvalue weighted by Gasteiger charge is 2.22. The molecular formula is C18H20O4. The van der Waals surface area contributed by atoms with Crippen LogP contribution < -0.4 is 9.47 Å². The third-order valence-corrected chi connectivity index (χ3v) is 3.48. The number of para-hydroxylation sites is 1. The molecule has 0 unspecified atom stereocenters. The van der Waals surface area contributed by atoms with E-state index in [1.165, 1.54) is 0 Å². The smallest absolute Gasteiger partial charge is 0.345 e. The highest BCUT2D eigenvalue weighted by Crippen LogP contribution is 2.24. The standard InChI is InChI=1S/C18H20O4/c1-12-8-9-16(21-3)14(10-12)11-17(18(19)20)22-15-7-5-4-6-13(15)2/h4-10,17H,11H2,1-3H3,(H,19,20)/t17-/m0/s1. The lowest BCUT2D eigenvalue weighted by atomic mass is 10.0. The SMILES string of the molecule is COc1ccc(C)cc1C[C@H](Oc1ccccc1C)C(=O)O. The molecule has 0 amide bonds. The van der Waals surface area contributed by atoms with E-state index >= 15 is 0 Å². The summed E-state index contributed by atoms with van der Waals surface area (Å²) in [6, 6.07) is 13.1. The van der Waals surface area contributed by atoms with Crippen molar-refractivity contribution in [3.05, 3.63) is 59.2 Å². The molecule has 116 valence electrons. The van der Waals surface area contributed by atoms with Crippen LogP contribution in [0, 0.1) is 13.8 Å². The van der Waals surface area contributed by atoms with Crippen molar-refractivity contribution in [1.82, 2.24) is 0 Å². The quantitative estimate of drug-likeness (QED) is 0.888. The Morgan fingerprint density at radius 1 is 1.14 bits per heavy atom. The molecule has 0 aliphatic rings. The fourth-order valence-corrected chi connectivity index (χ4v) is 2.29. The minimum Gasteiger partial charge on any atom is -0.496 e. The van der Waals surface area contributed by atoms with Gasteiger partial charge in [-0.2, -0.15) is 0 Å². The monoisotopic (exact) mass is 300 g/mol. The van der Waals surface area contributed by atoms with Gasteiger partial charge in [0.1, 0.15) is 11.5 Å². The number of hydrogen-bond acceptors (Lipinski definition) is 3. The zero-order valence-electron chi connectivity index (χ0n) is 13.0. The van der Waals surface area contributed by atoms with E-state index < -0.39 is 12.1 Å². The first-order valence-corrected chi connectivity index (χ1v) is 7.10. The molecule has 2 aromatic rings. The Morgan fingerprint density at radius 3 is 2.50 bits per heavy atom. The molecule has 0 aliphatic carbocycles. The number of aliphatic carboxylic acids is 1. The number of benzene rings is 2. The topological polar surface area (TPSA) is 55.8 Å². The second-order valence-corrected chi connectivity index (χ2v) is 5.23. The van der Waals surface area contributed by atoms with Gasteiger partial charge in [-0.25, -0.2) is 4.79 Å². The van der Waals surface area contributed by atoms with Gasteiger partial charge in [0.05, 0.1) is 7.11 Å². The number of methoxy groups -OCH3 is 1. The average Bonchev–Trinajstić information content (AvgIpc) is 2.49. The summed E-state index contributed by atoms with van der Waals surface area (Å²) in [5.74, 6) is 0.263. The Labute approximate surface area is 130 Å². The van der Waals surface area contributed by atoms with E-state index in [-0.39, 0.29) is 6.42 Å². The molecule has 22 heavy (non-hydrogen) atoms. The normalized spacial score (nSPS) is 11.8. The van der Waals surface area contributed by atoms with Gasteiger partial charge in [-0.15, -0.1) is 0 Å². The third kappa shape index (κ3) is 3.79. The van der Waals surface area contributed by atoms with Crippen LogP contribution >= 0.6 is 0 Å². The van der Waals surface area contributed by atoms with Crippen molar-refractivity contribution in [2.24, 2.45) is 0 Å². The van der Waals surface area contributed by atoms with Gasteiger partial charge in [-0.1, -0.05) is 35.9 Å². The fraction of sp³-hybridized carbons (Fsp3) is 0.278. The van der Waals surface area contributed by atoms with Crippen molar-refractivity contribution < 1.29 is 19.4 Å². The molecule has 0 saturated carbocycles. The van der Waals surface area contributed by atoms with Crippen LogP contribution in [0.4, 0.5) is 0 Å². The third-order valence-electron chi connectivity index (χ3n) is 3.48. The number of hydrogen-bond donors (Lipinski definition) is 1. The number of aryl methyl sites for hydroxylation is 2. The molecule has 4 nitrogen and oxygen atoms in total. The van der Waals surface area contributed by atoms with Crippen LogP contribution in [0.25, 0.3) is 0 Å². The molecule has 4 heteroatoms. The van der Waals surface area contributed by atoms with Gasteiger partial charge >= 0.3 is 5.97 Å². The van der Waals surface area contributed by atoms with Crippen LogP contribution in [0.2, 0.25) is 0 Å². The van der Waals surface area contributed by atoms with Crippen LogP contribution in [-0.4, -0.2) is 24.3 Å². The van der Waals surface area contributed by atoms with Gasteiger partial charge in [0.15, 0.2) is 6.10 Å². The summed E-state index contributed by atoms with van der Waals surface area (Å²) < 4.78 is 11.0. The highest BCUT2D eigenvalue weighted by atomic mass is 16.5. The Hall–Kier alpha value is -2.49. The van der Waals surface area contributed by atoms with E-state index in [1.54, 1.807) is 13.2 Å². The molecular weight excluding hydrogens is 280 g/mol. The lowest BCUT2D eigenvalue weighted by Crippen LogP contribution is -2.29. The zero-order valence-corrected chi connectivity index (χ0v) is 13.0. The van der Waals surface area contributed by atoms with Gasteiger partial charge in [-0.05, 0) is 37.1 Å². The fourth-order valence-electron chi connectivity index (χ4n) is 2.29. The maximum Gasteiger partial charge on any atom is 0.345 e. The van der Waals surface area contributed by atoms with Crippen molar-refractivity contribution in [3.8, 4) is 11.5 Å². The minimum absolute atomic E-state index is 0.245. The molecule has 0 bridgehead atoms. The van der Waals surface area contributed by atoms with E-state index in [9.17, 15) is 9.90 Å².